The van der Waals surface area contributed by atoms with E-state index in [-0.39, 0.29) is 11.5 Å². The van der Waals surface area contributed by atoms with Crippen molar-refractivity contribution >= 4 is 5.91 Å². The monoisotopic (exact) mass is 230 g/mol. The second-order valence-corrected chi connectivity index (χ2v) is 4.65. The molecule has 0 heterocycles. The molecule has 16 heavy (non-hydrogen) atoms. The summed E-state index contributed by atoms with van der Waals surface area (Å²) in [6, 6.07) is 0.296. The Bertz CT molecular complexity index is 201. The van der Waals surface area contributed by atoms with E-state index in [1.54, 1.807) is 7.11 Å². The predicted molar refractivity (Wildman–Crippen MR) is 66.5 cm³/mol. The van der Waals surface area contributed by atoms with Crippen LogP contribution in [-0.2, 0) is 9.53 Å². The van der Waals surface area contributed by atoms with E-state index < -0.39 is 0 Å². The van der Waals surface area contributed by atoms with Gasteiger partial charge in [-0.05, 0) is 26.7 Å². The summed E-state index contributed by atoms with van der Waals surface area (Å²) in [5.41, 5.74) is -0.227. The predicted octanol–water partition coefficient (Wildman–Crippen LogP) is 1.31. The molecule has 0 aromatic carbocycles. The van der Waals surface area contributed by atoms with Crippen LogP contribution in [0.1, 0.15) is 40.5 Å². The van der Waals surface area contributed by atoms with Crippen molar-refractivity contribution in [2.75, 3.05) is 20.2 Å². The van der Waals surface area contributed by atoms with Crippen LogP contribution in [0.15, 0.2) is 0 Å². The van der Waals surface area contributed by atoms with Gasteiger partial charge in [-0.25, -0.2) is 0 Å². The first-order valence-electron chi connectivity index (χ1n) is 6.00. The van der Waals surface area contributed by atoms with Crippen molar-refractivity contribution in [1.82, 2.24) is 10.6 Å². The molecule has 0 fully saturated rings. The van der Waals surface area contributed by atoms with E-state index in [0.29, 0.717) is 19.1 Å². The molecule has 0 atom stereocenters. The Morgan fingerprint density at radius 2 is 1.88 bits per heavy atom. The summed E-state index contributed by atoms with van der Waals surface area (Å²) in [6.07, 6.45) is 1.96. The Balaban J connectivity index is 3.74. The summed E-state index contributed by atoms with van der Waals surface area (Å²) >= 11 is 0. The minimum absolute atomic E-state index is 0.0561. The maximum absolute atomic E-state index is 11.5. The number of hydrogen-bond acceptors (Lipinski definition) is 3. The van der Waals surface area contributed by atoms with Gasteiger partial charge in [0.2, 0.25) is 5.91 Å². The van der Waals surface area contributed by atoms with Crippen LogP contribution >= 0.6 is 0 Å². The SMILES string of the molecule is CCC(CC)NC(=O)CNCC(C)(C)OC. The van der Waals surface area contributed by atoms with Crippen molar-refractivity contribution in [3.63, 3.8) is 0 Å². The number of carbonyl (C=O) groups excluding carboxylic acids is 1. The number of hydrogen-bond donors (Lipinski definition) is 2. The lowest BCUT2D eigenvalue weighted by Crippen LogP contribution is -2.44. The summed E-state index contributed by atoms with van der Waals surface area (Å²) in [6.45, 7) is 9.15. The smallest absolute Gasteiger partial charge is 0.234 e. The largest absolute Gasteiger partial charge is 0.377 e. The molecule has 0 aromatic heterocycles. The summed E-state index contributed by atoms with van der Waals surface area (Å²) in [7, 11) is 1.67. The Morgan fingerprint density at radius 3 is 2.31 bits per heavy atom. The lowest BCUT2D eigenvalue weighted by atomic mass is 10.1. The van der Waals surface area contributed by atoms with Gasteiger partial charge in [-0.15, -0.1) is 0 Å². The normalized spacial score (nSPS) is 11.9. The Labute approximate surface area is 99.1 Å². The molecule has 0 saturated carbocycles. The standard InChI is InChI=1S/C12H26N2O2/c1-6-10(7-2)14-11(15)8-13-9-12(3,4)16-5/h10,13H,6-9H2,1-5H3,(H,14,15). The van der Waals surface area contributed by atoms with E-state index >= 15 is 0 Å². The third kappa shape index (κ3) is 6.80. The summed E-state index contributed by atoms with van der Waals surface area (Å²) in [4.78, 5) is 11.5. The minimum Gasteiger partial charge on any atom is -0.377 e. The van der Waals surface area contributed by atoms with E-state index in [1.807, 2.05) is 13.8 Å². The fraction of sp³-hybridized carbons (Fsp3) is 0.917. The molecular weight excluding hydrogens is 204 g/mol. The Kier molecular flexibility index (Phi) is 7.34. The van der Waals surface area contributed by atoms with Gasteiger partial charge in [0, 0.05) is 19.7 Å². The van der Waals surface area contributed by atoms with Crippen LogP contribution in [0.4, 0.5) is 0 Å². The third-order valence-electron chi connectivity index (χ3n) is 2.74. The zero-order valence-corrected chi connectivity index (χ0v) is 11.2. The molecule has 4 nitrogen and oxygen atoms in total. The molecule has 0 saturated heterocycles. The summed E-state index contributed by atoms with van der Waals surface area (Å²) < 4.78 is 5.25. The quantitative estimate of drug-likeness (QED) is 0.661. The molecule has 0 rings (SSSR count). The summed E-state index contributed by atoms with van der Waals surface area (Å²) in [5, 5.41) is 6.07. The Hall–Kier alpha value is -0.610. The molecule has 0 spiro atoms. The van der Waals surface area contributed by atoms with Gasteiger partial charge >= 0.3 is 0 Å². The molecule has 2 N–H and O–H groups in total. The number of amides is 1. The molecule has 0 radical (unpaired) electrons. The fourth-order valence-corrected chi connectivity index (χ4v) is 1.32. The van der Waals surface area contributed by atoms with Crippen LogP contribution in [0, 0.1) is 0 Å². The van der Waals surface area contributed by atoms with E-state index in [2.05, 4.69) is 24.5 Å². The Morgan fingerprint density at radius 1 is 1.31 bits per heavy atom. The number of methoxy groups -OCH3 is 1. The average Bonchev–Trinajstić information content (AvgIpc) is 2.25. The van der Waals surface area contributed by atoms with Crippen molar-refractivity contribution in [2.45, 2.75) is 52.2 Å². The fourth-order valence-electron chi connectivity index (χ4n) is 1.32. The molecule has 1 amide bonds. The third-order valence-corrected chi connectivity index (χ3v) is 2.74. The average molecular weight is 230 g/mol. The maximum Gasteiger partial charge on any atom is 0.234 e. The second kappa shape index (κ2) is 7.63. The van der Waals surface area contributed by atoms with Crippen LogP contribution in [0.5, 0.6) is 0 Å². The van der Waals surface area contributed by atoms with E-state index in [9.17, 15) is 4.79 Å². The first-order valence-corrected chi connectivity index (χ1v) is 6.00. The zero-order valence-electron chi connectivity index (χ0n) is 11.2. The van der Waals surface area contributed by atoms with Gasteiger partial charge in [-0.2, -0.15) is 0 Å². The van der Waals surface area contributed by atoms with Crippen LogP contribution < -0.4 is 10.6 Å². The van der Waals surface area contributed by atoms with Crippen molar-refractivity contribution in [1.29, 1.82) is 0 Å². The number of carbonyl (C=O) groups is 1. The second-order valence-electron chi connectivity index (χ2n) is 4.65. The van der Waals surface area contributed by atoms with Gasteiger partial charge in [0.1, 0.15) is 0 Å². The van der Waals surface area contributed by atoms with E-state index in [1.165, 1.54) is 0 Å². The number of ether oxygens (including phenoxy) is 1. The van der Waals surface area contributed by atoms with Crippen LogP contribution in [-0.4, -0.2) is 37.7 Å². The van der Waals surface area contributed by atoms with Gasteiger partial charge in [-0.3, -0.25) is 4.79 Å². The van der Waals surface area contributed by atoms with Gasteiger partial charge < -0.3 is 15.4 Å². The molecular formula is C12H26N2O2. The van der Waals surface area contributed by atoms with Crippen molar-refractivity contribution in [3.8, 4) is 0 Å². The first kappa shape index (κ1) is 15.4. The van der Waals surface area contributed by atoms with Gasteiger partial charge in [-0.1, -0.05) is 13.8 Å². The van der Waals surface area contributed by atoms with Crippen LogP contribution in [0.25, 0.3) is 0 Å². The molecule has 0 aliphatic carbocycles. The molecule has 0 bridgehead atoms. The zero-order chi connectivity index (χ0) is 12.6. The lowest BCUT2D eigenvalue weighted by Gasteiger charge is -2.23. The topological polar surface area (TPSA) is 50.4 Å². The van der Waals surface area contributed by atoms with Crippen molar-refractivity contribution in [2.24, 2.45) is 0 Å². The van der Waals surface area contributed by atoms with E-state index in [4.69, 9.17) is 4.74 Å². The van der Waals surface area contributed by atoms with Gasteiger partial charge in [0.15, 0.2) is 0 Å². The highest BCUT2D eigenvalue weighted by Gasteiger charge is 2.16. The molecule has 4 heteroatoms. The molecule has 0 aliphatic heterocycles. The number of nitrogens with one attached hydrogen (secondary N) is 2. The van der Waals surface area contributed by atoms with Crippen LogP contribution in [0.2, 0.25) is 0 Å². The molecule has 0 aliphatic rings. The van der Waals surface area contributed by atoms with Crippen LogP contribution in [0.3, 0.4) is 0 Å². The highest BCUT2D eigenvalue weighted by Crippen LogP contribution is 2.04. The minimum atomic E-state index is -0.227. The van der Waals surface area contributed by atoms with E-state index in [0.717, 1.165) is 12.8 Å². The number of rotatable bonds is 8. The van der Waals surface area contributed by atoms with Gasteiger partial charge in [0.05, 0.1) is 12.1 Å². The highest BCUT2D eigenvalue weighted by molar-refractivity contribution is 5.78. The maximum atomic E-state index is 11.5. The highest BCUT2D eigenvalue weighted by atomic mass is 16.5. The van der Waals surface area contributed by atoms with Gasteiger partial charge in [0.25, 0.3) is 0 Å². The first-order chi connectivity index (χ1) is 7.45. The molecule has 96 valence electrons. The molecule has 0 aromatic rings. The summed E-state index contributed by atoms with van der Waals surface area (Å²) in [5.74, 6) is 0.0561. The molecule has 0 unspecified atom stereocenters. The lowest BCUT2D eigenvalue weighted by molar-refractivity contribution is -0.121. The van der Waals surface area contributed by atoms with Crippen molar-refractivity contribution in [3.05, 3.63) is 0 Å². The van der Waals surface area contributed by atoms with Crippen molar-refractivity contribution < 1.29 is 9.53 Å².